The van der Waals surface area contributed by atoms with Crippen LogP contribution in [0.1, 0.15) is 5.56 Å². The molecule has 1 aromatic heterocycles. The molecule has 0 radical (unpaired) electrons. The Kier molecular flexibility index (Phi) is 3.28. The smallest absolute Gasteiger partial charge is 0.136 e. The van der Waals surface area contributed by atoms with Crippen molar-refractivity contribution in [3.63, 3.8) is 0 Å². The lowest BCUT2D eigenvalue weighted by molar-refractivity contribution is 0.584. The van der Waals surface area contributed by atoms with Gasteiger partial charge in [0.2, 0.25) is 0 Å². The molecule has 0 bridgehead atoms. The van der Waals surface area contributed by atoms with Gasteiger partial charge >= 0.3 is 0 Å². The maximum absolute atomic E-state index is 13.0. The van der Waals surface area contributed by atoms with Crippen LogP contribution in [0.4, 0.5) is 26.1 Å². The summed E-state index contributed by atoms with van der Waals surface area (Å²) in [6.07, 6.45) is 0. The van der Waals surface area contributed by atoms with Gasteiger partial charge in [-0.25, -0.2) is 13.8 Å². The molecule has 0 unspecified atom stereocenters. The van der Waals surface area contributed by atoms with Crippen LogP contribution in [0, 0.1) is 17.0 Å². The van der Waals surface area contributed by atoms with Gasteiger partial charge in [0, 0.05) is 11.8 Å². The summed E-state index contributed by atoms with van der Waals surface area (Å²) in [4.78, 5) is 3.95. The lowest BCUT2D eigenvalue weighted by atomic mass is 10.2. The molecule has 0 aliphatic carbocycles. The summed E-state index contributed by atoms with van der Waals surface area (Å²) in [5.41, 5.74) is 11.4. The van der Waals surface area contributed by atoms with Gasteiger partial charge in [-0.3, -0.25) is 5.41 Å². The molecule has 98 valence electrons. The first-order chi connectivity index (χ1) is 8.95. The van der Waals surface area contributed by atoms with Crippen molar-refractivity contribution in [1.82, 2.24) is 4.98 Å². The third-order valence-electron chi connectivity index (χ3n) is 2.35. The van der Waals surface area contributed by atoms with Crippen molar-refractivity contribution in [2.75, 3.05) is 11.1 Å². The molecule has 1 heterocycles. The number of nitrogens with zero attached hydrogens (tertiary/aromatic N) is 1. The number of halogens is 2. The van der Waals surface area contributed by atoms with Gasteiger partial charge in [-0.05, 0) is 24.3 Å². The lowest BCUT2D eigenvalue weighted by Gasteiger charge is -2.08. The number of rotatable bonds is 3. The Bertz CT molecular complexity index is 622. The fraction of sp³-hybridized carbons (Fsp3) is 0. The summed E-state index contributed by atoms with van der Waals surface area (Å²) in [6.45, 7) is 0. The van der Waals surface area contributed by atoms with Crippen LogP contribution in [-0.2, 0) is 0 Å². The van der Waals surface area contributed by atoms with E-state index in [2.05, 4.69) is 10.3 Å². The Balaban J connectivity index is 2.28. The van der Waals surface area contributed by atoms with Gasteiger partial charge in [-0.2, -0.15) is 0 Å². The number of benzene rings is 1. The van der Waals surface area contributed by atoms with Crippen molar-refractivity contribution in [2.24, 2.45) is 5.73 Å². The monoisotopic (exact) mass is 263 g/mol. The van der Waals surface area contributed by atoms with E-state index in [0.29, 0.717) is 11.4 Å². The fourth-order valence-corrected chi connectivity index (χ4v) is 1.55. The minimum Gasteiger partial charge on any atom is -0.384 e. The Hall–Kier alpha value is -2.70. The van der Waals surface area contributed by atoms with Gasteiger partial charge in [0.1, 0.15) is 29.1 Å². The van der Waals surface area contributed by atoms with Crippen LogP contribution in [0.5, 0.6) is 0 Å². The normalized spacial score (nSPS) is 10.2. The van der Waals surface area contributed by atoms with Crippen molar-refractivity contribution in [1.29, 1.82) is 5.41 Å². The first-order valence-electron chi connectivity index (χ1n) is 5.30. The number of aromatic nitrogens is 1. The molecule has 0 fully saturated rings. The molecule has 0 spiro atoms. The molecule has 0 amide bonds. The number of anilines is 3. The second kappa shape index (κ2) is 4.89. The van der Waals surface area contributed by atoms with Crippen LogP contribution < -0.4 is 16.8 Å². The second-order valence-electron chi connectivity index (χ2n) is 3.83. The van der Waals surface area contributed by atoms with Gasteiger partial charge in [-0.1, -0.05) is 0 Å². The van der Waals surface area contributed by atoms with Crippen LogP contribution in [0.25, 0.3) is 0 Å². The Morgan fingerprint density at radius 3 is 2.32 bits per heavy atom. The van der Waals surface area contributed by atoms with E-state index in [4.69, 9.17) is 16.9 Å². The van der Waals surface area contributed by atoms with E-state index in [9.17, 15) is 8.78 Å². The molecule has 7 heteroatoms. The molecule has 0 atom stereocenters. The number of nitrogen functional groups attached to an aromatic ring is 2. The average molecular weight is 263 g/mol. The quantitative estimate of drug-likeness (QED) is 0.502. The first kappa shape index (κ1) is 12.7. The molecule has 0 saturated heterocycles. The van der Waals surface area contributed by atoms with Gasteiger partial charge in [-0.15, -0.1) is 0 Å². The standard InChI is InChI=1S/C12H11F2N5/c13-6-3-7(14)5-8(4-6)18-10-2-1-9(11(15)16)12(17)19-10/h1-5H,(H3,15,16)(H3,17,18,19). The maximum Gasteiger partial charge on any atom is 0.136 e. The number of nitrogens with two attached hydrogens (primary N) is 2. The van der Waals surface area contributed by atoms with Crippen molar-refractivity contribution < 1.29 is 8.78 Å². The second-order valence-corrected chi connectivity index (χ2v) is 3.83. The highest BCUT2D eigenvalue weighted by Gasteiger charge is 2.06. The fourth-order valence-electron chi connectivity index (χ4n) is 1.55. The summed E-state index contributed by atoms with van der Waals surface area (Å²) in [5.74, 6) is -1.23. The summed E-state index contributed by atoms with van der Waals surface area (Å²) in [5, 5.41) is 9.97. The zero-order chi connectivity index (χ0) is 14.0. The van der Waals surface area contributed by atoms with Crippen molar-refractivity contribution in [2.45, 2.75) is 0 Å². The van der Waals surface area contributed by atoms with Crippen LogP contribution in [0.15, 0.2) is 30.3 Å². The summed E-state index contributed by atoms with van der Waals surface area (Å²) >= 11 is 0. The van der Waals surface area contributed by atoms with E-state index >= 15 is 0 Å². The lowest BCUT2D eigenvalue weighted by Crippen LogP contribution is -2.14. The third kappa shape index (κ3) is 2.95. The van der Waals surface area contributed by atoms with E-state index in [1.807, 2.05) is 0 Å². The first-order valence-corrected chi connectivity index (χ1v) is 5.30. The SMILES string of the molecule is N=C(N)c1ccc(Nc2cc(F)cc(F)c2)nc1N. The molecule has 2 rings (SSSR count). The number of amidine groups is 1. The van der Waals surface area contributed by atoms with Gasteiger partial charge < -0.3 is 16.8 Å². The van der Waals surface area contributed by atoms with Gasteiger partial charge in [0.05, 0.1) is 5.56 Å². The summed E-state index contributed by atoms with van der Waals surface area (Å²) in [6, 6.07) is 6.03. The number of hydrogen-bond acceptors (Lipinski definition) is 4. The number of nitrogens with one attached hydrogen (secondary N) is 2. The highest BCUT2D eigenvalue weighted by Crippen LogP contribution is 2.19. The van der Waals surface area contributed by atoms with E-state index in [-0.39, 0.29) is 17.3 Å². The maximum atomic E-state index is 13.0. The van der Waals surface area contributed by atoms with Gasteiger partial charge in [0.25, 0.3) is 0 Å². The number of pyridine rings is 1. The summed E-state index contributed by atoms with van der Waals surface area (Å²) < 4.78 is 26.0. The van der Waals surface area contributed by atoms with Crippen molar-refractivity contribution in [3.8, 4) is 0 Å². The highest BCUT2D eigenvalue weighted by molar-refractivity contribution is 5.99. The molecule has 0 aliphatic heterocycles. The van der Waals surface area contributed by atoms with E-state index in [1.54, 1.807) is 0 Å². The molecule has 0 aliphatic rings. The molecule has 1 aromatic carbocycles. The van der Waals surface area contributed by atoms with Crippen molar-refractivity contribution >= 4 is 23.2 Å². The Labute approximate surface area is 107 Å². The highest BCUT2D eigenvalue weighted by atomic mass is 19.1. The van der Waals surface area contributed by atoms with Crippen LogP contribution in [-0.4, -0.2) is 10.8 Å². The molecule has 19 heavy (non-hydrogen) atoms. The van der Waals surface area contributed by atoms with E-state index in [1.165, 1.54) is 12.1 Å². The number of hydrogen-bond donors (Lipinski definition) is 4. The molecular weight excluding hydrogens is 252 g/mol. The predicted octanol–water partition coefficient (Wildman–Crippen LogP) is 1.97. The van der Waals surface area contributed by atoms with Crippen LogP contribution in [0.3, 0.4) is 0 Å². The molecule has 2 aromatic rings. The van der Waals surface area contributed by atoms with Gasteiger partial charge in [0.15, 0.2) is 0 Å². The average Bonchev–Trinajstić information content (AvgIpc) is 2.26. The molecular formula is C12H11F2N5. The molecule has 0 saturated carbocycles. The zero-order valence-electron chi connectivity index (χ0n) is 9.74. The minimum absolute atomic E-state index is 0.0642. The largest absolute Gasteiger partial charge is 0.384 e. The Morgan fingerprint density at radius 1 is 1.16 bits per heavy atom. The predicted molar refractivity (Wildman–Crippen MR) is 69.3 cm³/mol. The zero-order valence-corrected chi connectivity index (χ0v) is 9.74. The molecule has 5 nitrogen and oxygen atoms in total. The third-order valence-corrected chi connectivity index (χ3v) is 2.35. The minimum atomic E-state index is -0.698. The molecule has 6 N–H and O–H groups in total. The summed E-state index contributed by atoms with van der Waals surface area (Å²) in [7, 11) is 0. The topological polar surface area (TPSA) is 101 Å². The van der Waals surface area contributed by atoms with Crippen LogP contribution >= 0.6 is 0 Å². The van der Waals surface area contributed by atoms with Crippen LogP contribution in [0.2, 0.25) is 0 Å². The van der Waals surface area contributed by atoms with E-state index < -0.39 is 11.6 Å². The van der Waals surface area contributed by atoms with Crippen molar-refractivity contribution in [3.05, 3.63) is 47.5 Å². The van der Waals surface area contributed by atoms with E-state index in [0.717, 1.165) is 18.2 Å². The Morgan fingerprint density at radius 2 is 1.79 bits per heavy atom.